The van der Waals surface area contributed by atoms with Crippen LogP contribution in [-0.4, -0.2) is 41.7 Å². The molecule has 0 unspecified atom stereocenters. The van der Waals surface area contributed by atoms with E-state index in [0.717, 1.165) is 84.9 Å². The second kappa shape index (κ2) is 17.2. The van der Waals surface area contributed by atoms with Crippen LogP contribution in [0.2, 0.25) is 0 Å². The van der Waals surface area contributed by atoms with Gasteiger partial charge in [-0.3, -0.25) is 0 Å². The van der Waals surface area contributed by atoms with Crippen molar-refractivity contribution < 1.29 is 46.0 Å². The summed E-state index contributed by atoms with van der Waals surface area (Å²) in [6, 6.07) is 20.8. The molecular weight excluding hydrogens is 811 g/mol. The number of rotatable bonds is 10. The lowest BCUT2D eigenvalue weighted by atomic mass is 9.75. The molecule has 62 heavy (non-hydrogen) atoms. The minimum atomic E-state index is -4.67. The Labute approximate surface area is 355 Å². The zero-order chi connectivity index (χ0) is 43.2. The Kier molecular flexibility index (Phi) is 11.7. The van der Waals surface area contributed by atoms with Gasteiger partial charge in [0.2, 0.25) is 0 Å². The smallest absolute Gasteiger partial charge is 0.406 e. The van der Waals surface area contributed by atoms with E-state index in [1.54, 1.807) is 36.9 Å². The summed E-state index contributed by atoms with van der Waals surface area (Å²) in [6.07, 6.45) is 8.56. The lowest BCUT2D eigenvalue weighted by Gasteiger charge is -2.33. The van der Waals surface area contributed by atoms with Gasteiger partial charge in [0.25, 0.3) is 0 Å². The minimum absolute atomic E-state index is 0.162. The summed E-state index contributed by atoms with van der Waals surface area (Å²) in [7, 11) is 0. The zero-order valence-corrected chi connectivity index (χ0v) is 34.1. The number of ether oxygens (including phenoxy) is 2. The van der Waals surface area contributed by atoms with E-state index in [-0.39, 0.29) is 35.2 Å². The molecule has 6 aromatic rings. The molecule has 4 aromatic heterocycles. The summed E-state index contributed by atoms with van der Waals surface area (Å²) in [4.78, 5) is 8.53. The van der Waals surface area contributed by atoms with E-state index in [1.165, 1.54) is 61.1 Å². The number of benzene rings is 2. The number of nitrogens with zero attached hydrogens (tertiary/aromatic N) is 4. The number of halogens is 6. The minimum Gasteiger partial charge on any atom is -0.406 e. The Morgan fingerprint density at radius 2 is 0.806 bits per heavy atom. The predicted molar refractivity (Wildman–Crippen MR) is 220 cm³/mol. The number of alkyl halides is 6. The first-order valence-corrected chi connectivity index (χ1v) is 21.7. The predicted octanol–water partition coefficient (Wildman–Crippen LogP) is 12.2. The first-order chi connectivity index (χ1) is 29.8. The molecule has 0 aliphatic heterocycles. The van der Waals surface area contributed by atoms with Crippen molar-refractivity contribution in [1.29, 1.82) is 0 Å². The molecule has 2 N–H and O–H groups in total. The van der Waals surface area contributed by atoms with Gasteiger partial charge in [0.1, 0.15) is 11.5 Å². The molecule has 8 nitrogen and oxygen atoms in total. The Balaban J connectivity index is 0.000000158. The Morgan fingerprint density at radius 1 is 0.468 bits per heavy atom. The van der Waals surface area contributed by atoms with E-state index in [0.29, 0.717) is 11.8 Å². The van der Waals surface area contributed by atoms with Crippen molar-refractivity contribution in [1.82, 2.24) is 18.8 Å². The van der Waals surface area contributed by atoms with E-state index in [9.17, 15) is 36.6 Å². The number of imidazole rings is 2. The fraction of sp³-hybridized carbons (Fsp3) is 0.458. The van der Waals surface area contributed by atoms with Gasteiger partial charge >= 0.3 is 12.7 Å². The number of aliphatic hydroxyl groups is 2. The number of pyridine rings is 2. The van der Waals surface area contributed by atoms with E-state index >= 15 is 0 Å². The van der Waals surface area contributed by atoms with Crippen molar-refractivity contribution in [2.24, 2.45) is 11.8 Å². The molecular formula is C48H50F6N4O4. The lowest BCUT2D eigenvalue weighted by molar-refractivity contribution is -0.275. The van der Waals surface area contributed by atoms with Gasteiger partial charge in [0, 0.05) is 0 Å². The van der Waals surface area contributed by atoms with E-state index in [2.05, 4.69) is 43.7 Å². The number of aromatic nitrogens is 4. The number of aliphatic hydroxyl groups excluding tert-OH is 2. The molecule has 4 aliphatic rings. The third-order valence-corrected chi connectivity index (χ3v) is 13.5. The summed E-state index contributed by atoms with van der Waals surface area (Å²) >= 11 is 0. The summed E-state index contributed by atoms with van der Waals surface area (Å²) in [5.74, 6) is 1.58. The van der Waals surface area contributed by atoms with Crippen LogP contribution in [0.15, 0.2) is 97.8 Å². The third-order valence-electron chi connectivity index (χ3n) is 13.5. The lowest BCUT2D eigenvalue weighted by Crippen LogP contribution is -2.22. The van der Waals surface area contributed by atoms with Crippen LogP contribution in [0.5, 0.6) is 11.5 Å². The second-order valence-electron chi connectivity index (χ2n) is 17.6. The normalized spacial score (nSPS) is 23.1. The molecule has 14 heteroatoms. The molecule has 328 valence electrons. The van der Waals surface area contributed by atoms with Crippen LogP contribution >= 0.6 is 0 Å². The van der Waals surface area contributed by atoms with E-state index in [1.807, 2.05) is 21.2 Å². The fourth-order valence-electron chi connectivity index (χ4n) is 10.0. The van der Waals surface area contributed by atoms with Crippen molar-refractivity contribution >= 4 is 11.0 Å². The Hall–Kier alpha value is -5.08. The maximum Gasteiger partial charge on any atom is 0.573 e. The highest BCUT2D eigenvalue weighted by molar-refractivity contribution is 5.51. The average Bonchev–Trinajstić information content (AvgIpc) is 4.19. The van der Waals surface area contributed by atoms with Crippen molar-refractivity contribution in [2.75, 3.05) is 0 Å². The summed E-state index contributed by atoms with van der Waals surface area (Å²) in [5, 5.41) is 22.7. The maximum absolute atomic E-state index is 12.4. The molecule has 10 rings (SSSR count). The van der Waals surface area contributed by atoms with Gasteiger partial charge in [-0.15, -0.1) is 26.3 Å². The van der Waals surface area contributed by atoms with Crippen LogP contribution < -0.4 is 9.47 Å². The molecule has 4 fully saturated rings. The van der Waals surface area contributed by atoms with Crippen LogP contribution in [0.3, 0.4) is 0 Å². The third kappa shape index (κ3) is 9.61. The SMILES string of the molecule is O[C@@H](c1c(C2CC2)ccc2cncn12)C1CCC(c2ccc(OC(F)(F)F)cc2)CC1.O[C@H](c1c(C2CC2)ccc2cncn12)C1CCC(c2ccc(OC(F)(F)F)cc2)CC1. The van der Waals surface area contributed by atoms with Gasteiger partial charge in [-0.2, -0.15) is 0 Å². The summed E-state index contributed by atoms with van der Waals surface area (Å²) < 4.78 is 86.2. The Bertz CT molecular complexity index is 2270. The summed E-state index contributed by atoms with van der Waals surface area (Å²) in [5.41, 5.74) is 8.47. The van der Waals surface area contributed by atoms with Crippen LogP contribution in [0, 0.1) is 11.8 Å². The molecule has 4 aliphatic carbocycles. The van der Waals surface area contributed by atoms with Crippen molar-refractivity contribution in [3.05, 3.63) is 131 Å². The molecule has 2 aromatic carbocycles. The summed E-state index contributed by atoms with van der Waals surface area (Å²) in [6.45, 7) is 0. The second-order valence-corrected chi connectivity index (χ2v) is 17.6. The zero-order valence-electron chi connectivity index (χ0n) is 34.1. The number of hydrogen-bond acceptors (Lipinski definition) is 6. The van der Waals surface area contributed by atoms with Crippen molar-refractivity contribution in [2.45, 2.75) is 126 Å². The maximum atomic E-state index is 12.4. The van der Waals surface area contributed by atoms with Gasteiger partial charge in [-0.25, -0.2) is 9.97 Å². The molecule has 4 heterocycles. The molecule has 4 saturated carbocycles. The van der Waals surface area contributed by atoms with Gasteiger partial charge < -0.3 is 28.5 Å². The first kappa shape index (κ1) is 42.2. The quantitative estimate of drug-likeness (QED) is 0.133. The highest BCUT2D eigenvalue weighted by Crippen LogP contribution is 2.49. The molecule has 0 saturated heterocycles. The monoisotopic (exact) mass is 860 g/mol. The van der Waals surface area contributed by atoms with Gasteiger partial charge in [-0.1, -0.05) is 36.4 Å². The highest BCUT2D eigenvalue weighted by Gasteiger charge is 2.37. The standard InChI is InChI=1S/2C24H25F3N2O2/c2*25-24(26,27)31-20-10-7-16(8-11-20)15-1-5-18(6-2-15)23(30)22-21(17-3-4-17)12-9-19-13-28-14-29(19)22/h2*7-15,17-18,23,30H,1-6H2/t2*15?,18?,23-/m10/s1. The van der Waals surface area contributed by atoms with Gasteiger partial charge in [0.05, 0.1) is 59.7 Å². The highest BCUT2D eigenvalue weighted by atomic mass is 19.4. The molecule has 0 bridgehead atoms. The fourth-order valence-corrected chi connectivity index (χ4v) is 10.0. The molecule has 0 radical (unpaired) electrons. The van der Waals surface area contributed by atoms with Crippen LogP contribution in [-0.2, 0) is 0 Å². The van der Waals surface area contributed by atoms with E-state index in [4.69, 9.17) is 0 Å². The van der Waals surface area contributed by atoms with E-state index < -0.39 is 24.9 Å². The molecule has 2 atom stereocenters. The average molecular weight is 861 g/mol. The van der Waals surface area contributed by atoms with Gasteiger partial charge in [0.15, 0.2) is 0 Å². The Morgan fingerprint density at radius 3 is 1.13 bits per heavy atom. The van der Waals surface area contributed by atoms with Crippen LogP contribution in [0.1, 0.15) is 147 Å². The number of fused-ring (bicyclic) bond motifs is 2. The van der Waals surface area contributed by atoms with Crippen molar-refractivity contribution in [3.8, 4) is 11.5 Å². The molecule has 0 amide bonds. The van der Waals surface area contributed by atoms with Crippen molar-refractivity contribution in [3.63, 3.8) is 0 Å². The molecule has 0 spiro atoms. The largest absolute Gasteiger partial charge is 0.573 e. The first-order valence-electron chi connectivity index (χ1n) is 21.7. The van der Waals surface area contributed by atoms with Gasteiger partial charge in [-0.05, 0) is 171 Å². The number of hydrogen-bond donors (Lipinski definition) is 2. The van der Waals surface area contributed by atoms with Crippen LogP contribution in [0.25, 0.3) is 11.0 Å². The van der Waals surface area contributed by atoms with Crippen LogP contribution in [0.4, 0.5) is 26.3 Å². The topological polar surface area (TPSA) is 93.5 Å².